The second-order valence-corrected chi connectivity index (χ2v) is 5.79. The number of methoxy groups -OCH3 is 1. The molecule has 0 aromatic heterocycles. The van der Waals surface area contributed by atoms with Crippen molar-refractivity contribution in [3.8, 4) is 17.2 Å². The average molecular weight is 417 g/mol. The molecular weight excluding hydrogens is 406 g/mol. The number of carboxylic acid groups (broad SMARTS) is 1. The fourth-order valence-electron chi connectivity index (χ4n) is 1.67. The highest BCUT2D eigenvalue weighted by Crippen LogP contribution is 2.39. The van der Waals surface area contributed by atoms with E-state index in [-0.39, 0.29) is 11.3 Å². The maximum atomic E-state index is 11.2. The van der Waals surface area contributed by atoms with Crippen molar-refractivity contribution in [1.82, 2.24) is 0 Å². The quantitative estimate of drug-likeness (QED) is 0.726. The number of nitrogen functional groups attached to an aromatic ring is 1. The minimum absolute atomic E-state index is 0.00570. The van der Waals surface area contributed by atoms with E-state index < -0.39 is 5.97 Å². The van der Waals surface area contributed by atoms with Crippen molar-refractivity contribution in [1.29, 1.82) is 0 Å². The molecule has 0 radical (unpaired) electrons. The molecule has 0 unspecified atom stereocenters. The summed E-state index contributed by atoms with van der Waals surface area (Å²) in [6, 6.07) is 7.85. The Hall–Kier alpha value is -1.73. The lowest BCUT2D eigenvalue weighted by Gasteiger charge is -2.13. The SMILES string of the molecule is COc1cc(Br)c(Oc2ccc(N)cc2C(=O)O)cc1Br. The van der Waals surface area contributed by atoms with Gasteiger partial charge in [0.2, 0.25) is 0 Å². The van der Waals surface area contributed by atoms with Gasteiger partial charge in [0.15, 0.2) is 0 Å². The fourth-order valence-corrected chi connectivity index (χ4v) is 2.55. The van der Waals surface area contributed by atoms with Gasteiger partial charge >= 0.3 is 5.97 Å². The maximum Gasteiger partial charge on any atom is 0.339 e. The predicted octanol–water partition coefficient (Wildman–Crippen LogP) is 4.29. The maximum absolute atomic E-state index is 11.2. The number of carboxylic acids is 1. The van der Waals surface area contributed by atoms with Crippen molar-refractivity contribution in [3.63, 3.8) is 0 Å². The van der Waals surface area contributed by atoms with Gasteiger partial charge in [-0.05, 0) is 62.2 Å². The molecule has 5 nitrogen and oxygen atoms in total. The molecule has 0 aliphatic rings. The van der Waals surface area contributed by atoms with Crippen LogP contribution in [0.5, 0.6) is 17.2 Å². The summed E-state index contributed by atoms with van der Waals surface area (Å²) in [4.78, 5) is 11.2. The van der Waals surface area contributed by atoms with Crippen LogP contribution in [0.1, 0.15) is 10.4 Å². The number of anilines is 1. The summed E-state index contributed by atoms with van der Waals surface area (Å²) >= 11 is 6.71. The number of carbonyl (C=O) groups is 1. The first-order chi connectivity index (χ1) is 9.92. The van der Waals surface area contributed by atoms with E-state index in [0.717, 1.165) is 0 Å². The minimum Gasteiger partial charge on any atom is -0.496 e. The zero-order valence-corrected chi connectivity index (χ0v) is 14.1. The van der Waals surface area contributed by atoms with Crippen LogP contribution in [0.2, 0.25) is 0 Å². The highest BCUT2D eigenvalue weighted by Gasteiger charge is 2.15. The Morgan fingerprint density at radius 2 is 1.71 bits per heavy atom. The molecule has 7 heteroatoms. The zero-order valence-electron chi connectivity index (χ0n) is 10.9. The van der Waals surface area contributed by atoms with Gasteiger partial charge in [0.1, 0.15) is 22.8 Å². The first-order valence-corrected chi connectivity index (χ1v) is 7.34. The molecule has 0 heterocycles. The van der Waals surface area contributed by atoms with Crippen LogP contribution in [-0.2, 0) is 0 Å². The van der Waals surface area contributed by atoms with Gasteiger partial charge in [0.05, 0.1) is 16.1 Å². The summed E-state index contributed by atoms with van der Waals surface area (Å²) in [5, 5.41) is 9.20. The number of ether oxygens (including phenoxy) is 2. The van der Waals surface area contributed by atoms with Crippen LogP contribution < -0.4 is 15.2 Å². The summed E-state index contributed by atoms with van der Waals surface area (Å²) in [6.07, 6.45) is 0. The molecule has 21 heavy (non-hydrogen) atoms. The Morgan fingerprint density at radius 3 is 2.33 bits per heavy atom. The van der Waals surface area contributed by atoms with E-state index in [1.807, 2.05) is 0 Å². The van der Waals surface area contributed by atoms with E-state index in [0.29, 0.717) is 26.1 Å². The molecule has 2 aromatic carbocycles. The lowest BCUT2D eigenvalue weighted by atomic mass is 10.2. The van der Waals surface area contributed by atoms with Crippen molar-refractivity contribution in [3.05, 3.63) is 44.8 Å². The second kappa shape index (κ2) is 6.36. The summed E-state index contributed by atoms with van der Waals surface area (Å²) in [6.45, 7) is 0. The van der Waals surface area contributed by atoms with Crippen LogP contribution in [0.25, 0.3) is 0 Å². The van der Waals surface area contributed by atoms with Crippen molar-refractivity contribution < 1.29 is 19.4 Å². The Morgan fingerprint density at radius 1 is 1.10 bits per heavy atom. The third-order valence-electron chi connectivity index (χ3n) is 2.66. The molecule has 0 atom stereocenters. The highest BCUT2D eigenvalue weighted by molar-refractivity contribution is 9.11. The Bertz CT molecular complexity index is 704. The van der Waals surface area contributed by atoms with Crippen molar-refractivity contribution in [2.45, 2.75) is 0 Å². The molecule has 0 saturated carbocycles. The number of nitrogens with two attached hydrogens (primary N) is 1. The van der Waals surface area contributed by atoms with Crippen LogP contribution >= 0.6 is 31.9 Å². The van der Waals surface area contributed by atoms with Crippen LogP contribution in [0.4, 0.5) is 5.69 Å². The molecule has 3 N–H and O–H groups in total. The second-order valence-electron chi connectivity index (χ2n) is 4.08. The first kappa shape index (κ1) is 15.7. The van der Waals surface area contributed by atoms with Crippen molar-refractivity contribution in [2.75, 3.05) is 12.8 Å². The predicted molar refractivity (Wildman–Crippen MR) is 86.3 cm³/mol. The lowest BCUT2D eigenvalue weighted by Crippen LogP contribution is -2.01. The number of halogens is 2. The van der Waals surface area contributed by atoms with Gasteiger partial charge in [-0.3, -0.25) is 0 Å². The molecule has 2 rings (SSSR count). The largest absolute Gasteiger partial charge is 0.496 e. The Labute approximate surface area is 137 Å². The van der Waals surface area contributed by atoms with Gasteiger partial charge in [-0.1, -0.05) is 0 Å². The van der Waals surface area contributed by atoms with Gasteiger partial charge in [0.25, 0.3) is 0 Å². The van der Waals surface area contributed by atoms with Crippen LogP contribution in [0.15, 0.2) is 39.3 Å². The zero-order chi connectivity index (χ0) is 15.6. The molecule has 0 saturated heterocycles. The van der Waals surface area contributed by atoms with Crippen LogP contribution in [-0.4, -0.2) is 18.2 Å². The minimum atomic E-state index is -1.11. The van der Waals surface area contributed by atoms with Crippen molar-refractivity contribution >= 4 is 43.5 Å². The standard InChI is InChI=1S/C14H11Br2NO4/c1-20-12-5-10(16)13(6-9(12)15)21-11-3-2-7(17)4-8(11)14(18)19/h2-6H,17H2,1H3,(H,18,19). The number of benzene rings is 2. The molecule has 0 aliphatic heterocycles. The summed E-state index contributed by atoms with van der Waals surface area (Å²) in [5.74, 6) is 0.176. The van der Waals surface area contributed by atoms with Gasteiger partial charge in [0, 0.05) is 5.69 Å². The molecule has 110 valence electrons. The molecule has 0 amide bonds. The summed E-state index contributed by atoms with van der Waals surface area (Å²) in [7, 11) is 1.55. The summed E-state index contributed by atoms with van der Waals surface area (Å²) in [5.41, 5.74) is 5.95. The monoisotopic (exact) mass is 415 g/mol. The molecular formula is C14H11Br2NO4. The third kappa shape index (κ3) is 3.48. The van der Waals surface area contributed by atoms with E-state index in [4.69, 9.17) is 15.2 Å². The molecule has 0 spiro atoms. The van der Waals surface area contributed by atoms with Crippen LogP contribution in [0.3, 0.4) is 0 Å². The smallest absolute Gasteiger partial charge is 0.339 e. The Kier molecular flexibility index (Phi) is 4.74. The fraction of sp³-hybridized carbons (Fsp3) is 0.0714. The van der Waals surface area contributed by atoms with Crippen molar-refractivity contribution in [2.24, 2.45) is 0 Å². The normalized spacial score (nSPS) is 10.2. The molecule has 2 aromatic rings. The molecule has 0 aliphatic carbocycles. The Balaban J connectivity index is 2.43. The lowest BCUT2D eigenvalue weighted by molar-refractivity contribution is 0.0694. The number of aromatic carboxylic acids is 1. The van der Waals surface area contributed by atoms with Gasteiger partial charge in [-0.25, -0.2) is 4.79 Å². The van der Waals surface area contributed by atoms with Crippen LogP contribution in [0, 0.1) is 0 Å². The summed E-state index contributed by atoms with van der Waals surface area (Å²) < 4.78 is 12.2. The highest BCUT2D eigenvalue weighted by atomic mass is 79.9. The van der Waals surface area contributed by atoms with E-state index in [1.54, 1.807) is 25.3 Å². The average Bonchev–Trinajstić information content (AvgIpc) is 2.44. The molecule has 0 bridgehead atoms. The number of hydrogen-bond donors (Lipinski definition) is 2. The number of rotatable bonds is 4. The van der Waals surface area contributed by atoms with E-state index in [9.17, 15) is 9.90 Å². The van der Waals surface area contributed by atoms with Gasteiger partial charge < -0.3 is 20.3 Å². The molecule has 0 fully saturated rings. The first-order valence-electron chi connectivity index (χ1n) is 5.76. The third-order valence-corrected chi connectivity index (χ3v) is 3.90. The van der Waals surface area contributed by atoms with Gasteiger partial charge in [-0.2, -0.15) is 0 Å². The van der Waals surface area contributed by atoms with E-state index in [2.05, 4.69) is 31.9 Å². The van der Waals surface area contributed by atoms with Gasteiger partial charge in [-0.15, -0.1) is 0 Å². The van der Waals surface area contributed by atoms with E-state index >= 15 is 0 Å². The number of hydrogen-bond acceptors (Lipinski definition) is 4. The van der Waals surface area contributed by atoms with E-state index in [1.165, 1.54) is 12.1 Å². The topological polar surface area (TPSA) is 81.8 Å².